The molecule has 1 N–H and O–H groups in total. The summed E-state index contributed by atoms with van der Waals surface area (Å²) < 4.78 is 5.42. The van der Waals surface area contributed by atoms with Gasteiger partial charge in [0.25, 0.3) is 0 Å². The van der Waals surface area contributed by atoms with Gasteiger partial charge in [-0.3, -0.25) is 0 Å². The van der Waals surface area contributed by atoms with Gasteiger partial charge in [0.1, 0.15) is 5.75 Å². The van der Waals surface area contributed by atoms with Crippen molar-refractivity contribution < 1.29 is 9.84 Å². The molecule has 0 amide bonds. The van der Waals surface area contributed by atoms with Crippen molar-refractivity contribution in [3.05, 3.63) is 35.2 Å². The first kappa shape index (κ1) is 12.1. The van der Waals surface area contributed by atoms with Crippen LogP contribution in [0.4, 0.5) is 0 Å². The standard InChI is InChI=1S/C13H19O2/c1-4-6-11-7-5-8-12(10(2)9-14)13(11)15-3/h5,7-8,14H,4,6,9H2,1-3H3. The smallest absolute Gasteiger partial charge is 0.125 e. The summed E-state index contributed by atoms with van der Waals surface area (Å²) in [5.74, 6) is 1.86. The number of aliphatic hydroxyl groups is 1. The molecule has 0 heterocycles. The van der Waals surface area contributed by atoms with Gasteiger partial charge in [0.2, 0.25) is 0 Å². The Kier molecular flexibility index (Phi) is 4.63. The Morgan fingerprint density at radius 3 is 2.67 bits per heavy atom. The molecule has 2 nitrogen and oxygen atoms in total. The number of aliphatic hydroxyl groups excluding tert-OH is 1. The van der Waals surface area contributed by atoms with E-state index >= 15 is 0 Å². The predicted octanol–water partition coefficient (Wildman–Crippen LogP) is 2.58. The van der Waals surface area contributed by atoms with Gasteiger partial charge in [-0.1, -0.05) is 38.5 Å². The molecule has 0 aliphatic rings. The van der Waals surface area contributed by atoms with Gasteiger partial charge < -0.3 is 9.84 Å². The second kappa shape index (κ2) is 5.76. The van der Waals surface area contributed by atoms with E-state index in [4.69, 9.17) is 9.84 Å². The minimum Gasteiger partial charge on any atom is -0.496 e. The molecule has 0 saturated carbocycles. The van der Waals surface area contributed by atoms with Crippen molar-refractivity contribution in [2.75, 3.05) is 13.7 Å². The number of methoxy groups -OCH3 is 1. The fourth-order valence-electron chi connectivity index (χ4n) is 1.71. The minimum absolute atomic E-state index is 0.0753. The molecule has 0 aliphatic carbocycles. The monoisotopic (exact) mass is 207 g/mol. The van der Waals surface area contributed by atoms with E-state index in [-0.39, 0.29) is 6.61 Å². The molecule has 15 heavy (non-hydrogen) atoms. The quantitative estimate of drug-likeness (QED) is 0.804. The maximum absolute atomic E-state index is 9.14. The lowest BCUT2D eigenvalue weighted by Gasteiger charge is -2.16. The van der Waals surface area contributed by atoms with Gasteiger partial charge >= 0.3 is 0 Å². The molecule has 0 aliphatic heterocycles. The fraction of sp³-hybridized carbons (Fsp3) is 0.462. The number of para-hydroxylation sites is 1. The zero-order valence-corrected chi connectivity index (χ0v) is 9.71. The molecule has 1 aromatic rings. The lowest BCUT2D eigenvalue weighted by Crippen LogP contribution is -2.04. The van der Waals surface area contributed by atoms with Gasteiger partial charge in [0, 0.05) is 11.5 Å². The molecule has 1 rings (SSSR count). The van der Waals surface area contributed by atoms with Crippen molar-refractivity contribution in [2.24, 2.45) is 0 Å². The first-order valence-electron chi connectivity index (χ1n) is 5.34. The van der Waals surface area contributed by atoms with E-state index in [1.54, 1.807) is 7.11 Å². The van der Waals surface area contributed by atoms with E-state index in [1.165, 1.54) is 5.56 Å². The van der Waals surface area contributed by atoms with Gasteiger partial charge in [-0.2, -0.15) is 0 Å². The summed E-state index contributed by atoms with van der Waals surface area (Å²) in [6.07, 6.45) is 2.10. The number of rotatable bonds is 5. The number of aryl methyl sites for hydroxylation is 1. The average molecular weight is 207 g/mol. The Morgan fingerprint density at radius 1 is 1.40 bits per heavy atom. The van der Waals surface area contributed by atoms with Crippen LogP contribution < -0.4 is 4.74 Å². The van der Waals surface area contributed by atoms with Crippen molar-refractivity contribution in [1.82, 2.24) is 0 Å². The second-order valence-corrected chi connectivity index (χ2v) is 3.69. The molecular weight excluding hydrogens is 188 g/mol. The van der Waals surface area contributed by atoms with Crippen molar-refractivity contribution in [1.29, 1.82) is 0 Å². The number of hydrogen-bond acceptors (Lipinski definition) is 2. The van der Waals surface area contributed by atoms with Gasteiger partial charge in [0.05, 0.1) is 13.7 Å². The highest BCUT2D eigenvalue weighted by atomic mass is 16.5. The zero-order valence-electron chi connectivity index (χ0n) is 9.71. The van der Waals surface area contributed by atoms with Crippen molar-refractivity contribution >= 4 is 0 Å². The summed E-state index contributed by atoms with van der Waals surface area (Å²) in [6.45, 7) is 4.15. The third-order valence-corrected chi connectivity index (χ3v) is 2.52. The zero-order chi connectivity index (χ0) is 11.3. The molecular formula is C13H19O2. The van der Waals surface area contributed by atoms with E-state index in [1.807, 2.05) is 19.1 Å². The van der Waals surface area contributed by atoms with Crippen molar-refractivity contribution in [3.63, 3.8) is 0 Å². The molecule has 0 bridgehead atoms. The van der Waals surface area contributed by atoms with E-state index < -0.39 is 0 Å². The molecule has 2 heteroatoms. The van der Waals surface area contributed by atoms with Gasteiger partial charge in [-0.15, -0.1) is 0 Å². The van der Waals surface area contributed by atoms with Crippen LogP contribution in [0.1, 0.15) is 31.4 Å². The first-order chi connectivity index (χ1) is 7.24. The normalized spacial score (nSPS) is 10.7. The topological polar surface area (TPSA) is 29.5 Å². The van der Waals surface area contributed by atoms with Crippen LogP contribution >= 0.6 is 0 Å². The van der Waals surface area contributed by atoms with Crippen LogP contribution in [0, 0.1) is 5.92 Å². The lowest BCUT2D eigenvalue weighted by molar-refractivity contribution is 0.312. The van der Waals surface area contributed by atoms with E-state index in [0.29, 0.717) is 0 Å². The summed E-state index contributed by atoms with van der Waals surface area (Å²) in [7, 11) is 1.68. The van der Waals surface area contributed by atoms with Crippen LogP contribution in [0.2, 0.25) is 0 Å². The Labute approximate surface area is 91.9 Å². The van der Waals surface area contributed by atoms with Crippen LogP contribution in [-0.2, 0) is 6.42 Å². The summed E-state index contributed by atoms with van der Waals surface area (Å²) in [5.41, 5.74) is 2.23. The highest BCUT2D eigenvalue weighted by molar-refractivity contribution is 5.48. The maximum Gasteiger partial charge on any atom is 0.125 e. The number of benzene rings is 1. The summed E-state index contributed by atoms with van der Waals surface area (Å²) >= 11 is 0. The fourth-order valence-corrected chi connectivity index (χ4v) is 1.71. The summed E-state index contributed by atoms with van der Waals surface area (Å²) in [6, 6.07) is 6.09. The third-order valence-electron chi connectivity index (χ3n) is 2.52. The van der Waals surface area contributed by atoms with E-state index in [2.05, 4.69) is 13.0 Å². The first-order valence-corrected chi connectivity index (χ1v) is 5.34. The number of hydrogen-bond donors (Lipinski definition) is 1. The highest BCUT2D eigenvalue weighted by Gasteiger charge is 2.13. The lowest BCUT2D eigenvalue weighted by atomic mass is 9.96. The largest absolute Gasteiger partial charge is 0.496 e. The maximum atomic E-state index is 9.14. The number of ether oxygens (including phenoxy) is 1. The van der Waals surface area contributed by atoms with Gasteiger partial charge in [-0.05, 0) is 12.0 Å². The molecule has 0 atom stereocenters. The van der Waals surface area contributed by atoms with Crippen LogP contribution in [0.15, 0.2) is 18.2 Å². The van der Waals surface area contributed by atoms with E-state index in [0.717, 1.165) is 30.1 Å². The van der Waals surface area contributed by atoms with E-state index in [9.17, 15) is 0 Å². The molecule has 83 valence electrons. The van der Waals surface area contributed by atoms with Gasteiger partial charge in [-0.25, -0.2) is 0 Å². The van der Waals surface area contributed by atoms with Crippen LogP contribution in [0.25, 0.3) is 0 Å². The average Bonchev–Trinajstić information content (AvgIpc) is 2.28. The Hall–Kier alpha value is -1.02. The summed E-state index contributed by atoms with van der Waals surface area (Å²) in [4.78, 5) is 0. The molecule has 0 fully saturated rings. The Morgan fingerprint density at radius 2 is 2.13 bits per heavy atom. The molecule has 0 saturated heterocycles. The molecule has 0 aromatic heterocycles. The Bertz CT molecular complexity index is 307. The van der Waals surface area contributed by atoms with Crippen molar-refractivity contribution in [3.8, 4) is 5.75 Å². The molecule has 0 unspecified atom stereocenters. The molecule has 0 spiro atoms. The summed E-state index contributed by atoms with van der Waals surface area (Å²) in [5, 5.41) is 9.14. The minimum atomic E-state index is 0.0753. The third kappa shape index (κ3) is 2.72. The van der Waals surface area contributed by atoms with Gasteiger partial charge in [0.15, 0.2) is 0 Å². The Balaban J connectivity index is 3.09. The SMILES string of the molecule is CCCc1cccc([C](C)CO)c1OC. The predicted molar refractivity (Wildman–Crippen MR) is 62.1 cm³/mol. The van der Waals surface area contributed by atoms with Crippen LogP contribution in [0.5, 0.6) is 5.75 Å². The van der Waals surface area contributed by atoms with Crippen LogP contribution in [-0.4, -0.2) is 18.8 Å². The second-order valence-electron chi connectivity index (χ2n) is 3.69. The van der Waals surface area contributed by atoms with Crippen LogP contribution in [0.3, 0.4) is 0 Å². The molecule has 1 aromatic carbocycles. The van der Waals surface area contributed by atoms with Crippen molar-refractivity contribution in [2.45, 2.75) is 26.7 Å². The molecule has 1 radical (unpaired) electrons. The highest BCUT2D eigenvalue weighted by Crippen LogP contribution is 2.30.